The number of carbonyl (C=O) groups is 1. The molecule has 17 heavy (non-hydrogen) atoms. The molecule has 1 heterocycles. The molecule has 5 heteroatoms. The summed E-state index contributed by atoms with van der Waals surface area (Å²) in [5.41, 5.74) is 0.323. The number of piperidine rings is 1. The number of carbonyl (C=O) groups excluding carboxylic acids is 1. The molecule has 1 amide bonds. The Morgan fingerprint density at radius 1 is 1.47 bits per heavy atom. The van der Waals surface area contributed by atoms with E-state index >= 15 is 0 Å². The van der Waals surface area contributed by atoms with E-state index in [0.29, 0.717) is 10.7 Å². The summed E-state index contributed by atoms with van der Waals surface area (Å²) in [7, 11) is 0. The molecule has 3 nitrogen and oxygen atoms in total. The number of amides is 1. The second-order valence-corrected chi connectivity index (χ2v) is 4.52. The van der Waals surface area contributed by atoms with Gasteiger partial charge in [0, 0.05) is 0 Å². The van der Waals surface area contributed by atoms with Crippen molar-refractivity contribution in [2.45, 2.75) is 25.3 Å². The molecule has 0 radical (unpaired) electrons. The Labute approximate surface area is 104 Å². The number of anilines is 1. The van der Waals surface area contributed by atoms with Crippen LogP contribution in [0.1, 0.15) is 19.3 Å². The van der Waals surface area contributed by atoms with Gasteiger partial charge in [-0.1, -0.05) is 18.0 Å². The zero-order chi connectivity index (χ0) is 12.3. The molecule has 1 atom stereocenters. The van der Waals surface area contributed by atoms with E-state index in [4.69, 9.17) is 11.6 Å². The van der Waals surface area contributed by atoms with Crippen LogP contribution in [0.15, 0.2) is 18.2 Å². The summed E-state index contributed by atoms with van der Waals surface area (Å²) in [5, 5.41) is 6.11. The molecule has 0 saturated carbocycles. The van der Waals surface area contributed by atoms with Crippen molar-refractivity contribution in [3.8, 4) is 0 Å². The van der Waals surface area contributed by atoms with Crippen LogP contribution < -0.4 is 10.6 Å². The maximum Gasteiger partial charge on any atom is 0.241 e. The highest BCUT2D eigenvalue weighted by molar-refractivity contribution is 6.33. The Bertz CT molecular complexity index is 419. The van der Waals surface area contributed by atoms with Gasteiger partial charge in [-0.05, 0) is 37.6 Å². The Morgan fingerprint density at radius 3 is 3.00 bits per heavy atom. The van der Waals surface area contributed by atoms with E-state index in [0.717, 1.165) is 25.8 Å². The van der Waals surface area contributed by atoms with Gasteiger partial charge in [-0.25, -0.2) is 4.39 Å². The van der Waals surface area contributed by atoms with Crippen molar-refractivity contribution in [1.29, 1.82) is 0 Å². The van der Waals surface area contributed by atoms with Gasteiger partial charge in [-0.15, -0.1) is 0 Å². The zero-order valence-electron chi connectivity index (χ0n) is 9.30. The lowest BCUT2D eigenvalue weighted by atomic mass is 10.0. The molecule has 1 aromatic carbocycles. The highest BCUT2D eigenvalue weighted by atomic mass is 35.5. The van der Waals surface area contributed by atoms with Crippen molar-refractivity contribution in [3.05, 3.63) is 29.0 Å². The van der Waals surface area contributed by atoms with E-state index in [-0.39, 0.29) is 11.9 Å². The number of nitrogens with one attached hydrogen (secondary N) is 2. The standard InChI is InChI=1S/C12H14ClFN2O/c13-9-5-4-8(14)7-11(9)16-12(17)10-3-1-2-6-15-10/h4-5,7,10,15H,1-3,6H2,(H,16,17)/t10-/m1/s1. The molecule has 2 rings (SSSR count). The SMILES string of the molecule is O=C(Nc1cc(F)ccc1Cl)[C@H]1CCCCN1. The normalized spacial score (nSPS) is 20.0. The van der Waals surface area contributed by atoms with Gasteiger partial charge in [0.1, 0.15) is 5.82 Å². The summed E-state index contributed by atoms with van der Waals surface area (Å²) in [6.07, 6.45) is 2.92. The molecule has 0 unspecified atom stereocenters. The largest absolute Gasteiger partial charge is 0.323 e. The summed E-state index contributed by atoms with van der Waals surface area (Å²) in [4.78, 5) is 11.9. The summed E-state index contributed by atoms with van der Waals surface area (Å²) in [6, 6.07) is 3.71. The van der Waals surface area contributed by atoms with Crippen LogP contribution >= 0.6 is 11.6 Å². The van der Waals surface area contributed by atoms with Crippen LogP contribution in [0.25, 0.3) is 0 Å². The number of rotatable bonds is 2. The van der Waals surface area contributed by atoms with Gasteiger partial charge in [-0.3, -0.25) is 4.79 Å². The Morgan fingerprint density at radius 2 is 2.29 bits per heavy atom. The summed E-state index contributed by atoms with van der Waals surface area (Å²) < 4.78 is 13.0. The highest BCUT2D eigenvalue weighted by Crippen LogP contribution is 2.23. The molecular formula is C12H14ClFN2O. The maximum atomic E-state index is 13.0. The molecule has 0 aliphatic carbocycles. The van der Waals surface area contributed by atoms with Gasteiger partial charge in [0.05, 0.1) is 16.8 Å². The first-order valence-electron chi connectivity index (χ1n) is 5.66. The Hall–Kier alpha value is -1.13. The van der Waals surface area contributed by atoms with E-state index in [1.165, 1.54) is 18.2 Å². The molecule has 0 spiro atoms. The molecule has 1 saturated heterocycles. The van der Waals surface area contributed by atoms with Crippen molar-refractivity contribution in [2.75, 3.05) is 11.9 Å². The minimum Gasteiger partial charge on any atom is -0.323 e. The highest BCUT2D eigenvalue weighted by Gasteiger charge is 2.21. The van der Waals surface area contributed by atoms with Crippen LogP contribution in [0.2, 0.25) is 5.02 Å². The molecule has 1 aliphatic rings. The van der Waals surface area contributed by atoms with Gasteiger partial charge in [0.15, 0.2) is 0 Å². The van der Waals surface area contributed by atoms with Gasteiger partial charge in [0.2, 0.25) is 5.91 Å². The molecule has 1 aliphatic heterocycles. The summed E-state index contributed by atoms with van der Waals surface area (Å²) in [5.74, 6) is -0.571. The minimum absolute atomic E-state index is 0.155. The fraction of sp³-hybridized carbons (Fsp3) is 0.417. The van der Waals surface area contributed by atoms with E-state index in [1.54, 1.807) is 0 Å². The average molecular weight is 257 g/mol. The molecule has 0 aromatic heterocycles. The number of hydrogen-bond acceptors (Lipinski definition) is 2. The first-order chi connectivity index (χ1) is 8.16. The third-order valence-corrected chi connectivity index (χ3v) is 3.14. The van der Waals surface area contributed by atoms with Crippen molar-refractivity contribution < 1.29 is 9.18 Å². The van der Waals surface area contributed by atoms with Crippen molar-refractivity contribution in [3.63, 3.8) is 0 Å². The van der Waals surface area contributed by atoms with Crippen LogP contribution in [-0.4, -0.2) is 18.5 Å². The summed E-state index contributed by atoms with van der Waals surface area (Å²) >= 11 is 5.88. The van der Waals surface area contributed by atoms with Crippen molar-refractivity contribution in [1.82, 2.24) is 5.32 Å². The molecule has 1 fully saturated rings. The quantitative estimate of drug-likeness (QED) is 0.854. The Balaban J connectivity index is 2.04. The van der Waals surface area contributed by atoms with Crippen molar-refractivity contribution in [2.24, 2.45) is 0 Å². The molecular weight excluding hydrogens is 243 g/mol. The number of hydrogen-bond donors (Lipinski definition) is 2. The molecule has 92 valence electrons. The third-order valence-electron chi connectivity index (χ3n) is 2.81. The van der Waals surface area contributed by atoms with Crippen LogP contribution in [0.5, 0.6) is 0 Å². The van der Waals surface area contributed by atoms with E-state index in [2.05, 4.69) is 10.6 Å². The topological polar surface area (TPSA) is 41.1 Å². The maximum absolute atomic E-state index is 13.0. The van der Waals surface area contributed by atoms with E-state index < -0.39 is 5.82 Å². The van der Waals surface area contributed by atoms with Gasteiger partial charge in [-0.2, -0.15) is 0 Å². The molecule has 1 aromatic rings. The smallest absolute Gasteiger partial charge is 0.241 e. The predicted octanol–water partition coefficient (Wildman–Crippen LogP) is 2.56. The predicted molar refractivity (Wildman–Crippen MR) is 65.7 cm³/mol. The van der Waals surface area contributed by atoms with E-state index in [9.17, 15) is 9.18 Å². The van der Waals surface area contributed by atoms with Gasteiger partial charge < -0.3 is 10.6 Å². The number of halogens is 2. The lowest BCUT2D eigenvalue weighted by molar-refractivity contribution is -0.118. The van der Waals surface area contributed by atoms with Crippen LogP contribution in [0, 0.1) is 5.82 Å². The molecule has 0 bridgehead atoms. The van der Waals surface area contributed by atoms with Crippen LogP contribution in [0.4, 0.5) is 10.1 Å². The lowest BCUT2D eigenvalue weighted by Crippen LogP contribution is -2.43. The first-order valence-corrected chi connectivity index (χ1v) is 6.04. The molecule has 2 N–H and O–H groups in total. The van der Waals surface area contributed by atoms with Crippen molar-refractivity contribution >= 4 is 23.2 Å². The second kappa shape index (κ2) is 5.47. The fourth-order valence-electron chi connectivity index (χ4n) is 1.89. The van der Waals surface area contributed by atoms with Gasteiger partial charge in [0.25, 0.3) is 0 Å². The van der Waals surface area contributed by atoms with Crippen LogP contribution in [-0.2, 0) is 4.79 Å². The Kier molecular flexibility index (Phi) is 3.97. The third kappa shape index (κ3) is 3.17. The zero-order valence-corrected chi connectivity index (χ0v) is 10.1. The fourth-order valence-corrected chi connectivity index (χ4v) is 2.05. The second-order valence-electron chi connectivity index (χ2n) is 4.12. The van der Waals surface area contributed by atoms with Crippen LogP contribution in [0.3, 0.4) is 0 Å². The minimum atomic E-state index is -0.415. The number of benzene rings is 1. The summed E-state index contributed by atoms with van der Waals surface area (Å²) in [6.45, 7) is 0.842. The van der Waals surface area contributed by atoms with E-state index in [1.807, 2.05) is 0 Å². The average Bonchev–Trinajstić information content (AvgIpc) is 2.35. The van der Waals surface area contributed by atoms with Gasteiger partial charge >= 0.3 is 0 Å². The monoisotopic (exact) mass is 256 g/mol. The lowest BCUT2D eigenvalue weighted by Gasteiger charge is -2.22. The first kappa shape index (κ1) is 12.3.